The Morgan fingerprint density at radius 3 is 2.73 bits per heavy atom. The van der Waals surface area contributed by atoms with Crippen LogP contribution < -0.4 is 10.6 Å². The number of aromatic nitrogens is 1. The fourth-order valence-electron chi connectivity index (χ4n) is 3.83. The van der Waals surface area contributed by atoms with Gasteiger partial charge in [-0.05, 0) is 67.1 Å². The molecule has 3 nitrogen and oxygen atoms in total. The van der Waals surface area contributed by atoms with Crippen molar-refractivity contribution in [3.8, 4) is 0 Å². The van der Waals surface area contributed by atoms with E-state index in [4.69, 9.17) is 17.3 Å². The van der Waals surface area contributed by atoms with Crippen LogP contribution in [-0.2, 0) is 6.42 Å². The standard InChI is InChI=1S/C21H21ClFN3/c22-18-13-16(24)4-6-20(18)26-10-7-14(8-11-26)12-15-3-5-19(23)17-2-1-9-25-21(15)17/h1-6,9,13-14H,7-8,10-12,24H2. The Hall–Kier alpha value is -2.33. The van der Waals surface area contributed by atoms with Crippen LogP contribution in [-0.4, -0.2) is 18.1 Å². The number of nitrogens with zero attached hydrogens (tertiary/aromatic N) is 2. The highest BCUT2D eigenvalue weighted by Crippen LogP contribution is 2.32. The van der Waals surface area contributed by atoms with Crippen LogP contribution in [0.25, 0.3) is 10.9 Å². The van der Waals surface area contributed by atoms with Gasteiger partial charge in [0.25, 0.3) is 0 Å². The van der Waals surface area contributed by atoms with Crippen LogP contribution in [0.15, 0.2) is 48.7 Å². The van der Waals surface area contributed by atoms with Crippen LogP contribution in [0.1, 0.15) is 18.4 Å². The van der Waals surface area contributed by atoms with Crippen molar-refractivity contribution in [3.05, 3.63) is 65.1 Å². The van der Waals surface area contributed by atoms with Crippen molar-refractivity contribution in [2.75, 3.05) is 23.7 Å². The predicted molar refractivity (Wildman–Crippen MR) is 106 cm³/mol. The normalized spacial score (nSPS) is 15.5. The monoisotopic (exact) mass is 369 g/mol. The molecule has 134 valence electrons. The molecule has 0 bridgehead atoms. The highest BCUT2D eigenvalue weighted by molar-refractivity contribution is 6.33. The molecule has 0 radical (unpaired) electrons. The number of nitrogens with two attached hydrogens (primary N) is 1. The van der Waals surface area contributed by atoms with Crippen molar-refractivity contribution in [1.29, 1.82) is 0 Å². The molecule has 1 saturated heterocycles. The quantitative estimate of drug-likeness (QED) is 0.655. The number of hydrogen-bond donors (Lipinski definition) is 1. The first-order valence-electron chi connectivity index (χ1n) is 8.94. The third-order valence-electron chi connectivity index (χ3n) is 5.24. The van der Waals surface area contributed by atoms with Gasteiger partial charge in [-0.25, -0.2) is 4.39 Å². The number of rotatable bonds is 3. The average molecular weight is 370 g/mol. The molecular formula is C21H21ClFN3. The first kappa shape index (κ1) is 17.1. The van der Waals surface area contributed by atoms with E-state index >= 15 is 0 Å². The number of hydrogen-bond acceptors (Lipinski definition) is 3. The second-order valence-corrected chi connectivity index (χ2v) is 7.36. The first-order valence-corrected chi connectivity index (χ1v) is 9.31. The molecule has 0 saturated carbocycles. The number of benzene rings is 2. The molecule has 0 amide bonds. The Balaban J connectivity index is 1.47. The molecule has 0 aliphatic carbocycles. The molecule has 5 heteroatoms. The lowest BCUT2D eigenvalue weighted by molar-refractivity contribution is 0.404. The van der Waals surface area contributed by atoms with E-state index in [1.54, 1.807) is 30.5 Å². The summed E-state index contributed by atoms with van der Waals surface area (Å²) in [6.07, 6.45) is 4.81. The maximum Gasteiger partial charge on any atom is 0.132 e. The van der Waals surface area contributed by atoms with E-state index in [0.717, 1.165) is 49.1 Å². The van der Waals surface area contributed by atoms with Gasteiger partial charge < -0.3 is 10.6 Å². The SMILES string of the molecule is Nc1ccc(N2CCC(Cc3ccc(F)c4cccnc34)CC2)c(Cl)c1. The van der Waals surface area contributed by atoms with Gasteiger partial charge in [0.05, 0.1) is 16.2 Å². The van der Waals surface area contributed by atoms with Gasteiger partial charge in [0.15, 0.2) is 0 Å². The first-order chi connectivity index (χ1) is 12.6. The van der Waals surface area contributed by atoms with Gasteiger partial charge in [-0.15, -0.1) is 0 Å². The highest BCUT2D eigenvalue weighted by atomic mass is 35.5. The predicted octanol–water partition coefficient (Wildman–Crippen LogP) is 5.07. The molecule has 2 N–H and O–H groups in total. The second-order valence-electron chi connectivity index (χ2n) is 6.95. The highest BCUT2D eigenvalue weighted by Gasteiger charge is 2.22. The molecular weight excluding hydrogens is 349 g/mol. The molecule has 2 heterocycles. The third-order valence-corrected chi connectivity index (χ3v) is 5.54. The van der Waals surface area contributed by atoms with E-state index in [0.29, 0.717) is 22.0 Å². The molecule has 26 heavy (non-hydrogen) atoms. The third kappa shape index (κ3) is 3.34. The van der Waals surface area contributed by atoms with E-state index in [1.807, 2.05) is 18.2 Å². The molecule has 1 aliphatic rings. The molecule has 1 aliphatic heterocycles. The number of nitrogen functional groups attached to an aromatic ring is 1. The summed E-state index contributed by atoms with van der Waals surface area (Å²) in [7, 11) is 0. The van der Waals surface area contributed by atoms with Crippen LogP contribution in [0.4, 0.5) is 15.8 Å². The summed E-state index contributed by atoms with van der Waals surface area (Å²) in [6.45, 7) is 1.92. The molecule has 0 spiro atoms. The zero-order valence-corrected chi connectivity index (χ0v) is 15.2. The van der Waals surface area contributed by atoms with Crippen LogP contribution in [0.2, 0.25) is 5.02 Å². The summed E-state index contributed by atoms with van der Waals surface area (Å²) in [5.41, 5.74) is 9.44. The lowest BCUT2D eigenvalue weighted by Gasteiger charge is -2.34. The summed E-state index contributed by atoms with van der Waals surface area (Å²) in [5, 5.41) is 1.31. The van der Waals surface area contributed by atoms with E-state index in [1.165, 1.54) is 0 Å². The van der Waals surface area contributed by atoms with Gasteiger partial charge in [-0.3, -0.25) is 4.98 Å². The van der Waals surface area contributed by atoms with Crippen molar-refractivity contribution in [2.24, 2.45) is 5.92 Å². The largest absolute Gasteiger partial charge is 0.399 e. The van der Waals surface area contributed by atoms with Crippen molar-refractivity contribution >= 4 is 33.9 Å². The fraction of sp³-hybridized carbons (Fsp3) is 0.286. The van der Waals surface area contributed by atoms with Gasteiger partial charge in [-0.2, -0.15) is 0 Å². The number of piperidine rings is 1. The smallest absolute Gasteiger partial charge is 0.132 e. The summed E-state index contributed by atoms with van der Waals surface area (Å²) < 4.78 is 14.0. The number of halogens is 2. The van der Waals surface area contributed by atoms with Crippen molar-refractivity contribution in [2.45, 2.75) is 19.3 Å². The van der Waals surface area contributed by atoms with E-state index in [9.17, 15) is 4.39 Å². The number of pyridine rings is 1. The van der Waals surface area contributed by atoms with Crippen molar-refractivity contribution in [1.82, 2.24) is 4.98 Å². The lowest BCUT2D eigenvalue weighted by Crippen LogP contribution is -2.34. The minimum absolute atomic E-state index is 0.204. The summed E-state index contributed by atoms with van der Waals surface area (Å²) in [5.74, 6) is 0.360. The minimum Gasteiger partial charge on any atom is -0.399 e. The Bertz CT molecular complexity index is 936. The summed E-state index contributed by atoms with van der Waals surface area (Å²) >= 11 is 6.34. The summed E-state index contributed by atoms with van der Waals surface area (Å²) in [6, 6.07) is 12.7. The maximum absolute atomic E-state index is 14.0. The number of anilines is 2. The Kier molecular flexibility index (Phi) is 4.68. The van der Waals surface area contributed by atoms with Crippen molar-refractivity contribution < 1.29 is 4.39 Å². The van der Waals surface area contributed by atoms with E-state index < -0.39 is 0 Å². The fourth-order valence-corrected chi connectivity index (χ4v) is 4.14. The summed E-state index contributed by atoms with van der Waals surface area (Å²) in [4.78, 5) is 6.73. The van der Waals surface area contributed by atoms with Crippen molar-refractivity contribution in [3.63, 3.8) is 0 Å². The van der Waals surface area contributed by atoms with Crippen LogP contribution in [0.3, 0.4) is 0 Å². The molecule has 0 unspecified atom stereocenters. The second kappa shape index (κ2) is 7.12. The van der Waals surface area contributed by atoms with Gasteiger partial charge in [0, 0.05) is 30.4 Å². The molecule has 0 atom stereocenters. The maximum atomic E-state index is 14.0. The lowest BCUT2D eigenvalue weighted by atomic mass is 9.89. The average Bonchev–Trinajstić information content (AvgIpc) is 2.65. The Labute approximate surface area is 157 Å². The molecule has 4 rings (SSSR count). The Morgan fingerprint density at radius 2 is 1.96 bits per heavy atom. The van der Waals surface area contributed by atoms with Crippen LogP contribution >= 0.6 is 11.6 Å². The zero-order valence-electron chi connectivity index (χ0n) is 14.5. The van der Waals surface area contributed by atoms with Crippen LogP contribution in [0, 0.1) is 11.7 Å². The minimum atomic E-state index is -0.204. The molecule has 1 aromatic heterocycles. The van der Waals surface area contributed by atoms with Gasteiger partial charge >= 0.3 is 0 Å². The molecule has 3 aromatic rings. The topological polar surface area (TPSA) is 42.1 Å². The van der Waals surface area contributed by atoms with E-state index in [-0.39, 0.29) is 5.82 Å². The molecule has 2 aromatic carbocycles. The number of fused-ring (bicyclic) bond motifs is 1. The van der Waals surface area contributed by atoms with Gasteiger partial charge in [-0.1, -0.05) is 17.7 Å². The van der Waals surface area contributed by atoms with Crippen LogP contribution in [0.5, 0.6) is 0 Å². The van der Waals surface area contributed by atoms with Gasteiger partial charge in [0.2, 0.25) is 0 Å². The zero-order chi connectivity index (χ0) is 18.1. The van der Waals surface area contributed by atoms with Gasteiger partial charge in [0.1, 0.15) is 5.82 Å². The molecule has 1 fully saturated rings. The Morgan fingerprint density at radius 1 is 1.15 bits per heavy atom. The van der Waals surface area contributed by atoms with E-state index in [2.05, 4.69) is 9.88 Å².